The maximum atomic E-state index is 11.4. The van der Waals surface area contributed by atoms with Crippen LogP contribution in [-0.4, -0.2) is 37.0 Å². The highest BCUT2D eigenvalue weighted by molar-refractivity contribution is 6.33. The Bertz CT molecular complexity index is 485. The molecule has 1 heterocycles. The third-order valence-corrected chi connectivity index (χ3v) is 3.56. The van der Waals surface area contributed by atoms with Gasteiger partial charge in [0.1, 0.15) is 6.10 Å². The number of piperidine rings is 1. The summed E-state index contributed by atoms with van der Waals surface area (Å²) in [6, 6.07) is 3.07. The van der Waals surface area contributed by atoms with Gasteiger partial charge in [-0.3, -0.25) is 4.79 Å². The lowest BCUT2D eigenvalue weighted by atomic mass is 10.1. The van der Waals surface area contributed by atoms with Gasteiger partial charge in [-0.2, -0.15) is 0 Å². The van der Waals surface area contributed by atoms with Crippen LogP contribution in [0.4, 0.5) is 5.69 Å². The van der Waals surface area contributed by atoms with E-state index >= 15 is 0 Å². The zero-order chi connectivity index (χ0) is 14.0. The summed E-state index contributed by atoms with van der Waals surface area (Å²) in [5, 5.41) is 0.327. The maximum absolute atomic E-state index is 11.4. The van der Waals surface area contributed by atoms with Crippen LogP contribution in [0, 0.1) is 0 Å². The van der Waals surface area contributed by atoms with Crippen LogP contribution in [0.25, 0.3) is 0 Å². The maximum Gasteiger partial charge on any atom is 0.252 e. The monoisotopic (exact) mass is 283 g/mol. The van der Waals surface area contributed by atoms with Gasteiger partial charge in [0.15, 0.2) is 5.75 Å². The fraction of sp³-hybridized carbons (Fsp3) is 0.462. The number of hydrogen-bond acceptors (Lipinski definition) is 4. The summed E-state index contributed by atoms with van der Waals surface area (Å²) in [6.07, 6.45) is 1.85. The Hall–Kier alpha value is -1.46. The summed E-state index contributed by atoms with van der Waals surface area (Å²) in [4.78, 5) is 13.7. The molecule has 104 valence electrons. The van der Waals surface area contributed by atoms with Crippen molar-refractivity contribution < 1.29 is 9.53 Å². The molecule has 2 rings (SSSR count). The summed E-state index contributed by atoms with van der Waals surface area (Å²) < 4.78 is 5.87. The minimum Gasteiger partial charge on any atom is -0.488 e. The number of anilines is 1. The standard InChI is InChI=1S/C13H18ClN3O2/c1-17-4-2-9(3-5-17)19-12-10(13(16)18)6-8(15)7-11(12)14/h6-7,9H,2-5,15H2,1H3,(H2,16,18). The van der Waals surface area contributed by atoms with Gasteiger partial charge >= 0.3 is 0 Å². The molecule has 1 aliphatic rings. The van der Waals surface area contributed by atoms with Crippen LogP contribution in [0.15, 0.2) is 12.1 Å². The van der Waals surface area contributed by atoms with Gasteiger partial charge in [0.05, 0.1) is 10.6 Å². The van der Waals surface area contributed by atoms with Gasteiger partial charge in [-0.15, -0.1) is 0 Å². The van der Waals surface area contributed by atoms with E-state index in [9.17, 15) is 4.79 Å². The Morgan fingerprint density at radius 1 is 1.42 bits per heavy atom. The average Bonchev–Trinajstić information content (AvgIpc) is 2.34. The number of carbonyl (C=O) groups is 1. The second-order valence-corrected chi connectivity index (χ2v) is 5.27. The third kappa shape index (κ3) is 3.30. The normalized spacial score (nSPS) is 17.4. The molecule has 0 spiro atoms. The number of nitrogens with zero attached hydrogens (tertiary/aromatic N) is 1. The Kier molecular flexibility index (Phi) is 4.17. The van der Waals surface area contributed by atoms with Crippen LogP contribution in [0.1, 0.15) is 23.2 Å². The molecule has 1 aliphatic heterocycles. The van der Waals surface area contributed by atoms with E-state index in [4.69, 9.17) is 27.8 Å². The van der Waals surface area contributed by atoms with Gasteiger partial charge in [0.2, 0.25) is 0 Å². The van der Waals surface area contributed by atoms with Crippen LogP contribution in [0.3, 0.4) is 0 Å². The molecule has 0 atom stereocenters. The fourth-order valence-corrected chi connectivity index (χ4v) is 2.46. The molecule has 0 unspecified atom stereocenters. The van der Waals surface area contributed by atoms with Crippen LogP contribution in [0.5, 0.6) is 5.75 Å². The summed E-state index contributed by atoms with van der Waals surface area (Å²) in [6.45, 7) is 1.92. The molecular formula is C13H18ClN3O2. The molecule has 1 fully saturated rings. The van der Waals surface area contributed by atoms with Crippen molar-refractivity contribution in [3.8, 4) is 5.75 Å². The number of hydrogen-bond donors (Lipinski definition) is 2. The van der Waals surface area contributed by atoms with Crippen molar-refractivity contribution in [2.75, 3.05) is 25.9 Å². The van der Waals surface area contributed by atoms with Gasteiger partial charge in [0.25, 0.3) is 5.91 Å². The van der Waals surface area contributed by atoms with Crippen molar-refractivity contribution in [3.63, 3.8) is 0 Å². The molecule has 1 aromatic carbocycles. The molecule has 5 nitrogen and oxygen atoms in total. The van der Waals surface area contributed by atoms with Crippen LogP contribution in [0.2, 0.25) is 5.02 Å². The summed E-state index contributed by atoms with van der Waals surface area (Å²) in [7, 11) is 2.07. The third-order valence-electron chi connectivity index (χ3n) is 3.28. The van der Waals surface area contributed by atoms with E-state index in [2.05, 4.69) is 11.9 Å². The van der Waals surface area contributed by atoms with Gasteiger partial charge < -0.3 is 21.1 Å². The SMILES string of the molecule is CN1CCC(Oc2c(Cl)cc(N)cc2C(N)=O)CC1. The Balaban J connectivity index is 2.21. The molecule has 1 aromatic rings. The van der Waals surface area contributed by atoms with E-state index in [1.54, 1.807) is 6.07 Å². The van der Waals surface area contributed by atoms with Crippen molar-refractivity contribution in [3.05, 3.63) is 22.7 Å². The number of likely N-dealkylation sites (tertiary alicyclic amines) is 1. The highest BCUT2D eigenvalue weighted by atomic mass is 35.5. The van der Waals surface area contributed by atoms with E-state index in [0.717, 1.165) is 25.9 Å². The van der Waals surface area contributed by atoms with Crippen LogP contribution >= 0.6 is 11.6 Å². The minimum absolute atomic E-state index is 0.0513. The fourth-order valence-electron chi connectivity index (χ4n) is 2.19. The Morgan fingerprint density at radius 3 is 2.63 bits per heavy atom. The lowest BCUT2D eigenvalue weighted by Crippen LogP contribution is -2.36. The molecule has 1 saturated heterocycles. The first-order chi connectivity index (χ1) is 8.97. The van der Waals surface area contributed by atoms with Gasteiger partial charge in [-0.1, -0.05) is 11.6 Å². The number of halogens is 1. The number of primary amides is 1. The molecule has 6 heteroatoms. The molecule has 4 N–H and O–H groups in total. The van der Waals surface area contributed by atoms with E-state index < -0.39 is 5.91 Å². The molecule has 0 radical (unpaired) electrons. The molecule has 0 saturated carbocycles. The number of ether oxygens (including phenoxy) is 1. The van der Waals surface area contributed by atoms with Crippen molar-refractivity contribution >= 4 is 23.2 Å². The van der Waals surface area contributed by atoms with Crippen molar-refractivity contribution in [1.29, 1.82) is 0 Å². The molecule has 0 aliphatic carbocycles. The Labute approximate surface area is 117 Å². The summed E-state index contributed by atoms with van der Waals surface area (Å²) in [5.41, 5.74) is 11.6. The largest absolute Gasteiger partial charge is 0.488 e. The summed E-state index contributed by atoms with van der Waals surface area (Å²) >= 11 is 6.10. The first-order valence-electron chi connectivity index (χ1n) is 6.21. The van der Waals surface area contributed by atoms with Gasteiger partial charge in [-0.25, -0.2) is 0 Å². The minimum atomic E-state index is -0.586. The van der Waals surface area contributed by atoms with Crippen LogP contribution < -0.4 is 16.2 Å². The summed E-state index contributed by atoms with van der Waals surface area (Å²) in [5.74, 6) is -0.241. The molecule has 19 heavy (non-hydrogen) atoms. The topological polar surface area (TPSA) is 81.6 Å². The van der Waals surface area contributed by atoms with E-state index in [1.165, 1.54) is 6.07 Å². The van der Waals surface area contributed by atoms with Crippen molar-refractivity contribution in [2.45, 2.75) is 18.9 Å². The highest BCUT2D eigenvalue weighted by Crippen LogP contribution is 2.33. The second kappa shape index (κ2) is 5.67. The number of carbonyl (C=O) groups excluding carboxylic acids is 1. The molecule has 0 aromatic heterocycles. The smallest absolute Gasteiger partial charge is 0.252 e. The van der Waals surface area contributed by atoms with Crippen molar-refractivity contribution in [2.24, 2.45) is 5.73 Å². The van der Waals surface area contributed by atoms with Crippen LogP contribution in [-0.2, 0) is 0 Å². The Morgan fingerprint density at radius 2 is 2.05 bits per heavy atom. The first-order valence-corrected chi connectivity index (χ1v) is 6.59. The first kappa shape index (κ1) is 14.0. The second-order valence-electron chi connectivity index (χ2n) is 4.86. The quantitative estimate of drug-likeness (QED) is 0.824. The average molecular weight is 284 g/mol. The molecular weight excluding hydrogens is 266 g/mol. The molecule has 1 amide bonds. The number of nitrogen functional groups attached to an aromatic ring is 1. The predicted octanol–water partition coefficient (Wildman–Crippen LogP) is 1.49. The van der Waals surface area contributed by atoms with E-state index in [0.29, 0.717) is 16.5 Å². The molecule has 0 bridgehead atoms. The zero-order valence-electron chi connectivity index (χ0n) is 10.9. The lowest BCUT2D eigenvalue weighted by molar-refractivity contribution is 0.0970. The zero-order valence-corrected chi connectivity index (χ0v) is 11.6. The lowest BCUT2D eigenvalue weighted by Gasteiger charge is -2.30. The number of rotatable bonds is 3. The van der Waals surface area contributed by atoms with Crippen molar-refractivity contribution in [1.82, 2.24) is 4.90 Å². The van der Waals surface area contributed by atoms with Gasteiger partial charge in [-0.05, 0) is 32.0 Å². The van der Waals surface area contributed by atoms with E-state index in [1.807, 2.05) is 0 Å². The number of amides is 1. The van der Waals surface area contributed by atoms with Gasteiger partial charge in [0, 0.05) is 18.8 Å². The number of benzene rings is 1. The van der Waals surface area contributed by atoms with E-state index in [-0.39, 0.29) is 11.7 Å². The number of nitrogens with two attached hydrogens (primary N) is 2. The highest BCUT2D eigenvalue weighted by Gasteiger charge is 2.22. The predicted molar refractivity (Wildman–Crippen MR) is 75.5 cm³/mol.